The summed E-state index contributed by atoms with van der Waals surface area (Å²) in [4.78, 5) is 11.3. The lowest BCUT2D eigenvalue weighted by atomic mass is 10.2. The number of carbonyl (C=O) groups is 1. The van der Waals surface area contributed by atoms with E-state index in [0.29, 0.717) is 13.2 Å². The summed E-state index contributed by atoms with van der Waals surface area (Å²) in [6.07, 6.45) is 1.49. The molecule has 16 heavy (non-hydrogen) atoms. The molecule has 88 valence electrons. The fourth-order valence-electron chi connectivity index (χ4n) is 1.19. The van der Waals surface area contributed by atoms with E-state index >= 15 is 0 Å². The van der Waals surface area contributed by atoms with Crippen molar-refractivity contribution in [3.05, 3.63) is 29.8 Å². The van der Waals surface area contributed by atoms with Gasteiger partial charge in [-0.2, -0.15) is 0 Å². The second-order valence-electron chi connectivity index (χ2n) is 3.52. The molecule has 0 atom stereocenters. The van der Waals surface area contributed by atoms with Crippen LogP contribution in [-0.4, -0.2) is 12.7 Å². The lowest BCUT2D eigenvalue weighted by Gasteiger charge is -2.06. The van der Waals surface area contributed by atoms with Crippen LogP contribution in [-0.2, 0) is 11.3 Å². The highest BCUT2D eigenvalue weighted by Crippen LogP contribution is 2.09. The molecule has 1 aromatic rings. The summed E-state index contributed by atoms with van der Waals surface area (Å²) in [5.41, 5.74) is 7.22. The van der Waals surface area contributed by atoms with Crippen molar-refractivity contribution in [2.45, 2.75) is 26.3 Å². The van der Waals surface area contributed by atoms with Crippen molar-refractivity contribution in [1.82, 2.24) is 0 Å². The summed E-state index contributed by atoms with van der Waals surface area (Å²) in [5, 5.41) is 2.65. The zero-order chi connectivity index (χ0) is 11.8. The van der Waals surface area contributed by atoms with Gasteiger partial charge in [0.1, 0.15) is 0 Å². The molecular weight excluding hydrogens is 204 g/mol. The molecule has 0 saturated heterocycles. The van der Waals surface area contributed by atoms with Crippen molar-refractivity contribution in [2.24, 2.45) is 5.73 Å². The van der Waals surface area contributed by atoms with Gasteiger partial charge in [-0.3, -0.25) is 5.32 Å². The van der Waals surface area contributed by atoms with E-state index in [1.54, 1.807) is 0 Å². The van der Waals surface area contributed by atoms with E-state index in [-0.39, 0.29) is 0 Å². The predicted molar refractivity (Wildman–Crippen MR) is 64.2 cm³/mol. The van der Waals surface area contributed by atoms with Gasteiger partial charge in [-0.05, 0) is 24.1 Å². The van der Waals surface area contributed by atoms with Crippen molar-refractivity contribution in [3.8, 4) is 0 Å². The maximum Gasteiger partial charge on any atom is 0.411 e. The zero-order valence-electron chi connectivity index (χ0n) is 9.53. The van der Waals surface area contributed by atoms with Crippen molar-refractivity contribution in [2.75, 3.05) is 11.9 Å². The Morgan fingerprint density at radius 1 is 1.38 bits per heavy atom. The average Bonchev–Trinajstić information content (AvgIpc) is 2.30. The molecule has 1 rings (SSSR count). The van der Waals surface area contributed by atoms with Crippen molar-refractivity contribution in [1.29, 1.82) is 0 Å². The smallest absolute Gasteiger partial charge is 0.411 e. The van der Waals surface area contributed by atoms with Crippen molar-refractivity contribution >= 4 is 11.8 Å². The molecule has 0 aliphatic rings. The SMILES string of the molecule is CCCCOC(=O)Nc1ccc(CN)cc1. The Kier molecular flexibility index (Phi) is 5.36. The second-order valence-corrected chi connectivity index (χ2v) is 3.52. The van der Waals surface area contributed by atoms with E-state index in [1.165, 1.54) is 0 Å². The Labute approximate surface area is 95.8 Å². The van der Waals surface area contributed by atoms with Gasteiger partial charge in [-0.15, -0.1) is 0 Å². The van der Waals surface area contributed by atoms with E-state index in [0.717, 1.165) is 24.1 Å². The number of unbranched alkanes of at least 4 members (excludes halogenated alkanes) is 1. The fraction of sp³-hybridized carbons (Fsp3) is 0.417. The van der Waals surface area contributed by atoms with E-state index in [1.807, 2.05) is 31.2 Å². The van der Waals surface area contributed by atoms with Gasteiger partial charge in [0.2, 0.25) is 0 Å². The Morgan fingerprint density at radius 2 is 2.06 bits per heavy atom. The summed E-state index contributed by atoms with van der Waals surface area (Å²) >= 11 is 0. The van der Waals surface area contributed by atoms with Gasteiger partial charge in [0, 0.05) is 12.2 Å². The van der Waals surface area contributed by atoms with Gasteiger partial charge in [0.15, 0.2) is 0 Å². The van der Waals surface area contributed by atoms with Gasteiger partial charge < -0.3 is 10.5 Å². The predicted octanol–water partition coefficient (Wildman–Crippen LogP) is 2.49. The van der Waals surface area contributed by atoms with Crippen molar-refractivity contribution in [3.63, 3.8) is 0 Å². The minimum absolute atomic E-state index is 0.408. The molecule has 0 aliphatic heterocycles. The first kappa shape index (κ1) is 12.5. The highest BCUT2D eigenvalue weighted by Gasteiger charge is 2.01. The Bertz CT molecular complexity index is 322. The number of hydrogen-bond donors (Lipinski definition) is 2. The van der Waals surface area contributed by atoms with Crippen molar-refractivity contribution < 1.29 is 9.53 Å². The molecule has 0 fully saturated rings. The second kappa shape index (κ2) is 6.85. The number of carbonyl (C=O) groups excluding carboxylic acids is 1. The number of rotatable bonds is 5. The van der Waals surface area contributed by atoms with E-state index in [2.05, 4.69) is 5.32 Å². The van der Waals surface area contributed by atoms with Crippen LogP contribution in [0.3, 0.4) is 0 Å². The van der Waals surface area contributed by atoms with Crippen LogP contribution in [0.5, 0.6) is 0 Å². The van der Waals surface area contributed by atoms with Crippen LogP contribution in [0.2, 0.25) is 0 Å². The number of nitrogens with two attached hydrogens (primary N) is 1. The molecule has 0 unspecified atom stereocenters. The molecule has 1 aromatic carbocycles. The molecule has 1 amide bonds. The number of anilines is 1. The van der Waals surface area contributed by atoms with Crippen LogP contribution in [0.15, 0.2) is 24.3 Å². The largest absolute Gasteiger partial charge is 0.449 e. The first-order valence-electron chi connectivity index (χ1n) is 5.49. The number of nitrogens with one attached hydrogen (secondary N) is 1. The normalized spacial score (nSPS) is 9.88. The highest BCUT2D eigenvalue weighted by atomic mass is 16.5. The summed E-state index contributed by atoms with van der Waals surface area (Å²) in [6, 6.07) is 7.37. The van der Waals surface area contributed by atoms with Crippen LogP contribution in [0.1, 0.15) is 25.3 Å². The quantitative estimate of drug-likeness (QED) is 0.752. The molecule has 0 radical (unpaired) electrons. The topological polar surface area (TPSA) is 64.3 Å². The average molecular weight is 222 g/mol. The summed E-state index contributed by atoms with van der Waals surface area (Å²) < 4.78 is 4.97. The van der Waals surface area contributed by atoms with Crippen LogP contribution in [0.4, 0.5) is 10.5 Å². The standard InChI is InChI=1S/C12H18N2O2/c1-2-3-8-16-12(15)14-11-6-4-10(9-13)5-7-11/h4-7H,2-3,8-9,13H2,1H3,(H,14,15). The molecule has 0 saturated carbocycles. The van der Waals surface area contributed by atoms with Gasteiger partial charge in [0.25, 0.3) is 0 Å². The molecule has 3 N–H and O–H groups in total. The van der Waals surface area contributed by atoms with Crippen LogP contribution >= 0.6 is 0 Å². The van der Waals surface area contributed by atoms with E-state index in [4.69, 9.17) is 10.5 Å². The fourth-order valence-corrected chi connectivity index (χ4v) is 1.19. The monoisotopic (exact) mass is 222 g/mol. The van der Waals surface area contributed by atoms with Crippen LogP contribution in [0, 0.1) is 0 Å². The number of ether oxygens (including phenoxy) is 1. The summed E-state index contributed by atoms with van der Waals surface area (Å²) in [7, 11) is 0. The molecule has 0 aliphatic carbocycles. The first-order valence-corrected chi connectivity index (χ1v) is 5.49. The third-order valence-electron chi connectivity index (χ3n) is 2.17. The maximum absolute atomic E-state index is 11.3. The number of amides is 1. The summed E-state index contributed by atoms with van der Waals surface area (Å²) in [5.74, 6) is 0. The first-order chi connectivity index (χ1) is 7.76. The number of hydrogen-bond acceptors (Lipinski definition) is 3. The molecule has 0 bridgehead atoms. The van der Waals surface area contributed by atoms with Crippen LogP contribution < -0.4 is 11.1 Å². The number of benzene rings is 1. The minimum Gasteiger partial charge on any atom is -0.449 e. The van der Waals surface area contributed by atoms with E-state index < -0.39 is 6.09 Å². The third kappa shape index (κ3) is 4.31. The highest BCUT2D eigenvalue weighted by molar-refractivity contribution is 5.84. The van der Waals surface area contributed by atoms with Gasteiger partial charge in [0.05, 0.1) is 6.61 Å². The maximum atomic E-state index is 11.3. The Morgan fingerprint density at radius 3 is 2.62 bits per heavy atom. The van der Waals surface area contributed by atoms with Gasteiger partial charge in [-0.1, -0.05) is 25.5 Å². The molecule has 4 nitrogen and oxygen atoms in total. The molecule has 0 aromatic heterocycles. The summed E-state index contributed by atoms with van der Waals surface area (Å²) in [6.45, 7) is 3.01. The third-order valence-corrected chi connectivity index (χ3v) is 2.17. The van der Waals surface area contributed by atoms with Gasteiger partial charge in [-0.25, -0.2) is 4.79 Å². The van der Waals surface area contributed by atoms with E-state index in [9.17, 15) is 4.79 Å². The molecule has 0 heterocycles. The molecule has 4 heteroatoms. The lowest BCUT2D eigenvalue weighted by Crippen LogP contribution is -2.14. The Hall–Kier alpha value is -1.55. The lowest BCUT2D eigenvalue weighted by molar-refractivity contribution is 0.160. The minimum atomic E-state index is -0.408. The van der Waals surface area contributed by atoms with Crippen LogP contribution in [0.25, 0.3) is 0 Å². The molecule has 0 spiro atoms. The zero-order valence-corrected chi connectivity index (χ0v) is 9.53. The molecular formula is C12H18N2O2. The van der Waals surface area contributed by atoms with Gasteiger partial charge >= 0.3 is 6.09 Å². The Balaban J connectivity index is 2.37.